The van der Waals surface area contributed by atoms with Gasteiger partial charge in [0.25, 0.3) is 0 Å². The topological polar surface area (TPSA) is 110 Å². The number of fused-ring (bicyclic) bond motifs is 1. The van der Waals surface area contributed by atoms with Crippen molar-refractivity contribution >= 4 is 16.6 Å². The van der Waals surface area contributed by atoms with E-state index >= 15 is 0 Å². The molecule has 48 heavy (non-hydrogen) atoms. The largest absolute Gasteiger partial charge is 0.670 e. The molecule has 7 heteroatoms. The predicted molar refractivity (Wildman–Crippen MR) is 187 cm³/mol. The minimum Gasteiger partial charge on any atom is -0.670 e. The second-order valence-corrected chi connectivity index (χ2v) is 13.2. The van der Waals surface area contributed by atoms with Gasteiger partial charge >= 0.3 is 0 Å². The third-order valence-corrected chi connectivity index (χ3v) is 9.66. The summed E-state index contributed by atoms with van der Waals surface area (Å²) >= 11 is 0. The van der Waals surface area contributed by atoms with Crippen LogP contribution in [0.3, 0.4) is 0 Å². The zero-order chi connectivity index (χ0) is 33.5. The summed E-state index contributed by atoms with van der Waals surface area (Å²) in [6.07, 6.45) is 8.96. The SMILES string of the molecule is COc1cc(C[C@@H](Cc2ccc3ccccc3c2)C(=O)C[C@@H](O)[C@H](Cc2cc[n-]c2)Cc2ccc(O)c(OC3CCCC3)c2)ccc1O. The Kier molecular flexibility index (Phi) is 10.7. The van der Waals surface area contributed by atoms with Crippen molar-refractivity contribution in [2.24, 2.45) is 11.8 Å². The molecule has 0 unspecified atom stereocenters. The smallest absolute Gasteiger partial charge is 0.161 e. The molecule has 0 radical (unpaired) electrons. The van der Waals surface area contributed by atoms with Crippen molar-refractivity contribution in [3.8, 4) is 23.0 Å². The molecular weight excluding hydrogens is 602 g/mol. The predicted octanol–water partition coefficient (Wildman–Crippen LogP) is 7.36. The molecule has 0 bridgehead atoms. The summed E-state index contributed by atoms with van der Waals surface area (Å²) in [6, 6.07) is 26.9. The number of aromatic nitrogens is 1. The Bertz CT molecular complexity index is 1810. The maximum atomic E-state index is 14.2. The number of Topliss-reactive ketones (excluding diaryl/α,β-unsaturated/α-hetero) is 1. The van der Waals surface area contributed by atoms with Crippen molar-refractivity contribution in [1.82, 2.24) is 4.98 Å². The minimum absolute atomic E-state index is 0.00418. The van der Waals surface area contributed by atoms with Gasteiger partial charge in [-0.3, -0.25) is 4.79 Å². The van der Waals surface area contributed by atoms with Crippen LogP contribution in [-0.2, 0) is 30.5 Å². The Morgan fingerprint density at radius 2 is 1.40 bits per heavy atom. The molecule has 0 aliphatic heterocycles. The number of carbonyl (C=O) groups excluding carboxylic acids is 1. The lowest BCUT2D eigenvalue weighted by Gasteiger charge is -2.26. The molecule has 1 aliphatic carbocycles. The van der Waals surface area contributed by atoms with Crippen molar-refractivity contribution in [3.63, 3.8) is 0 Å². The minimum atomic E-state index is -0.908. The second-order valence-electron chi connectivity index (χ2n) is 13.2. The standard InChI is InChI=1S/C41H44NO6/c1-47-40-23-28(11-14-36(40)43)20-33(19-27-10-13-31-6-2-3-7-32(31)18-27)38(45)25-39(46)34(22-30-16-17-42-26-30)21-29-12-15-37(44)41(24-29)48-35-8-4-5-9-35/h2-3,6-7,10-18,23-24,26,33-35,39,43-44,46H,4-5,8-9,19-22,25H2,1H3/q-1/t33-,34+,39-/m1/s1. The number of phenols is 2. The average molecular weight is 647 g/mol. The first-order valence-electron chi connectivity index (χ1n) is 16.9. The third kappa shape index (κ3) is 8.39. The highest BCUT2D eigenvalue weighted by Gasteiger charge is 2.28. The maximum Gasteiger partial charge on any atom is 0.161 e. The first-order chi connectivity index (χ1) is 23.3. The maximum absolute atomic E-state index is 14.2. The zero-order valence-corrected chi connectivity index (χ0v) is 27.4. The summed E-state index contributed by atoms with van der Waals surface area (Å²) in [5, 5.41) is 34.7. The number of benzene rings is 4. The van der Waals surface area contributed by atoms with Crippen LogP contribution in [0.2, 0.25) is 0 Å². The van der Waals surface area contributed by atoms with Gasteiger partial charge in [-0.2, -0.15) is 12.4 Å². The van der Waals surface area contributed by atoms with E-state index in [-0.39, 0.29) is 35.7 Å². The van der Waals surface area contributed by atoms with E-state index in [1.165, 1.54) is 7.11 Å². The Labute approximate surface area is 282 Å². The number of aromatic hydroxyl groups is 2. The van der Waals surface area contributed by atoms with Crippen LogP contribution in [0.1, 0.15) is 54.4 Å². The van der Waals surface area contributed by atoms with Crippen molar-refractivity contribution < 1.29 is 29.6 Å². The van der Waals surface area contributed by atoms with Crippen molar-refractivity contribution in [1.29, 1.82) is 0 Å². The highest BCUT2D eigenvalue weighted by Crippen LogP contribution is 2.34. The van der Waals surface area contributed by atoms with Gasteiger partial charge in [0.2, 0.25) is 0 Å². The molecule has 4 aromatic carbocycles. The molecule has 7 nitrogen and oxygen atoms in total. The summed E-state index contributed by atoms with van der Waals surface area (Å²) in [4.78, 5) is 18.4. The monoisotopic (exact) mass is 646 g/mol. The summed E-state index contributed by atoms with van der Waals surface area (Å²) in [7, 11) is 1.51. The Hall–Kier alpha value is -4.75. The second kappa shape index (κ2) is 15.4. The number of hydrogen-bond acceptors (Lipinski definition) is 6. The fourth-order valence-corrected chi connectivity index (χ4v) is 6.98. The van der Waals surface area contributed by atoms with Crippen LogP contribution in [0.5, 0.6) is 23.0 Å². The molecule has 1 saturated carbocycles. The molecule has 250 valence electrons. The number of phenolic OH excluding ortho intramolecular Hbond substituents is 2. The lowest BCUT2D eigenvalue weighted by molar-refractivity contribution is -0.125. The number of rotatable bonds is 15. The number of methoxy groups -OCH3 is 1. The van der Waals surface area contributed by atoms with E-state index in [0.717, 1.165) is 58.7 Å². The molecule has 6 rings (SSSR count). The van der Waals surface area contributed by atoms with Crippen LogP contribution < -0.4 is 14.5 Å². The van der Waals surface area contributed by atoms with Crippen LogP contribution in [-0.4, -0.2) is 40.4 Å². The summed E-state index contributed by atoms with van der Waals surface area (Å²) < 4.78 is 11.5. The molecule has 1 aliphatic rings. The van der Waals surface area contributed by atoms with Crippen molar-refractivity contribution in [2.75, 3.05) is 7.11 Å². The summed E-state index contributed by atoms with van der Waals surface area (Å²) in [5.74, 6) is 0.291. The van der Waals surface area contributed by atoms with E-state index < -0.39 is 12.0 Å². The Balaban J connectivity index is 1.23. The number of aliphatic hydroxyl groups is 1. The number of aliphatic hydroxyl groups excluding tert-OH is 1. The highest BCUT2D eigenvalue weighted by molar-refractivity contribution is 5.84. The molecule has 1 aromatic heterocycles. The average Bonchev–Trinajstić information content (AvgIpc) is 3.81. The fourth-order valence-electron chi connectivity index (χ4n) is 6.98. The van der Waals surface area contributed by atoms with Gasteiger partial charge in [0.05, 0.1) is 19.3 Å². The van der Waals surface area contributed by atoms with E-state index in [9.17, 15) is 20.1 Å². The fraction of sp³-hybridized carbons (Fsp3) is 0.341. The molecule has 3 N–H and O–H groups in total. The zero-order valence-electron chi connectivity index (χ0n) is 27.4. The van der Waals surface area contributed by atoms with Crippen LogP contribution in [0, 0.1) is 11.8 Å². The summed E-state index contributed by atoms with van der Waals surface area (Å²) in [5.41, 5.74) is 3.85. The normalized spacial score (nSPS) is 15.3. The number of ether oxygens (including phenoxy) is 2. The quantitative estimate of drug-likeness (QED) is 0.109. The van der Waals surface area contributed by atoms with Gasteiger partial charge in [0, 0.05) is 12.3 Å². The lowest BCUT2D eigenvalue weighted by atomic mass is 9.82. The van der Waals surface area contributed by atoms with Crippen molar-refractivity contribution in [2.45, 2.75) is 70.0 Å². The van der Waals surface area contributed by atoms with E-state index in [4.69, 9.17) is 9.47 Å². The van der Waals surface area contributed by atoms with E-state index in [2.05, 4.69) is 35.3 Å². The van der Waals surface area contributed by atoms with E-state index in [1.54, 1.807) is 30.6 Å². The van der Waals surface area contributed by atoms with Gasteiger partial charge in [-0.05, 0) is 109 Å². The van der Waals surface area contributed by atoms with Gasteiger partial charge in [-0.15, -0.1) is 0 Å². The highest BCUT2D eigenvalue weighted by atomic mass is 16.5. The number of ketones is 1. The van der Waals surface area contributed by atoms with Gasteiger partial charge in [0.1, 0.15) is 5.78 Å². The Morgan fingerprint density at radius 1 is 0.771 bits per heavy atom. The van der Waals surface area contributed by atoms with Crippen LogP contribution in [0.4, 0.5) is 0 Å². The molecule has 0 saturated heterocycles. The molecule has 3 atom stereocenters. The molecular formula is C41H44NO6-. The van der Waals surface area contributed by atoms with Gasteiger partial charge in [0.15, 0.2) is 23.0 Å². The number of carbonyl (C=O) groups is 1. The lowest BCUT2D eigenvalue weighted by Crippen LogP contribution is -2.31. The van der Waals surface area contributed by atoms with Crippen molar-refractivity contribution in [3.05, 3.63) is 120 Å². The van der Waals surface area contributed by atoms with E-state index in [1.807, 2.05) is 36.4 Å². The third-order valence-electron chi connectivity index (χ3n) is 9.66. The van der Waals surface area contributed by atoms with Crippen LogP contribution >= 0.6 is 0 Å². The van der Waals surface area contributed by atoms with Crippen LogP contribution in [0.15, 0.2) is 97.3 Å². The molecule has 0 amide bonds. The molecule has 0 spiro atoms. The first-order valence-corrected chi connectivity index (χ1v) is 16.9. The molecule has 5 aromatic rings. The summed E-state index contributed by atoms with van der Waals surface area (Å²) in [6.45, 7) is 0. The van der Waals surface area contributed by atoms with E-state index in [0.29, 0.717) is 37.2 Å². The van der Waals surface area contributed by atoms with Crippen LogP contribution in [0.25, 0.3) is 10.8 Å². The number of hydrogen-bond donors (Lipinski definition) is 3. The molecule has 1 fully saturated rings. The first kappa shape index (κ1) is 33.2. The van der Waals surface area contributed by atoms with Gasteiger partial charge < -0.3 is 29.8 Å². The molecule has 1 heterocycles. The van der Waals surface area contributed by atoms with Gasteiger partial charge in [-0.25, -0.2) is 0 Å². The number of nitrogens with zero attached hydrogens (tertiary/aromatic N) is 1. The Morgan fingerprint density at radius 3 is 2.10 bits per heavy atom. The van der Waals surface area contributed by atoms with Gasteiger partial charge in [-0.1, -0.05) is 66.2 Å².